The molecule has 0 aromatic carbocycles. The summed E-state index contributed by atoms with van der Waals surface area (Å²) in [5, 5.41) is 23.1. The average Bonchev–Trinajstić information content (AvgIpc) is 2.28. The van der Waals surface area contributed by atoms with Gasteiger partial charge in [-0.2, -0.15) is 0 Å². The quantitative estimate of drug-likeness (QED) is 0.512. The number of nitrogens with zero attached hydrogens (tertiary/aromatic N) is 1. The highest BCUT2D eigenvalue weighted by Gasteiger charge is 2.41. The highest BCUT2D eigenvalue weighted by molar-refractivity contribution is 5.92. The van der Waals surface area contributed by atoms with Crippen LogP contribution in [0.4, 0.5) is 4.79 Å². The van der Waals surface area contributed by atoms with Gasteiger partial charge in [0.1, 0.15) is 5.54 Å². The van der Waals surface area contributed by atoms with Crippen molar-refractivity contribution in [2.45, 2.75) is 38.5 Å². The number of nitrogens with one attached hydrogen (secondary N) is 2. The van der Waals surface area contributed by atoms with Crippen LogP contribution in [0.5, 0.6) is 0 Å². The van der Waals surface area contributed by atoms with Crippen LogP contribution in [0.15, 0.2) is 0 Å². The molecule has 0 aromatic heterocycles. The Hall–Kier alpha value is -1.83. The fraction of sp³-hybridized carbons (Fsp3) is 0.727. The summed E-state index contributed by atoms with van der Waals surface area (Å²) < 4.78 is 0. The van der Waals surface area contributed by atoms with Crippen molar-refractivity contribution in [3.8, 4) is 0 Å². The molecular weight excluding hydrogens is 254 g/mol. The van der Waals surface area contributed by atoms with Crippen LogP contribution < -0.4 is 10.6 Å². The van der Waals surface area contributed by atoms with Crippen molar-refractivity contribution < 1.29 is 24.6 Å². The zero-order valence-corrected chi connectivity index (χ0v) is 11.1. The standard InChI is InChI=1S/C11H19N3O5/c1-6(15)7(8(16)17)13-10(19)14-5-4-12-9(18)11(14,2)3/h6-7,15H,4-5H2,1-3H3,(H,12,18)(H,13,19)(H,16,17). The number of piperazine rings is 1. The fourth-order valence-corrected chi connectivity index (χ4v) is 1.85. The van der Waals surface area contributed by atoms with E-state index in [9.17, 15) is 19.5 Å². The van der Waals surface area contributed by atoms with Gasteiger partial charge in [-0.05, 0) is 20.8 Å². The minimum Gasteiger partial charge on any atom is -0.480 e. The van der Waals surface area contributed by atoms with E-state index in [1.807, 2.05) is 0 Å². The third kappa shape index (κ3) is 3.14. The first kappa shape index (κ1) is 15.2. The number of hydrogen-bond acceptors (Lipinski definition) is 4. The molecule has 0 spiro atoms. The van der Waals surface area contributed by atoms with E-state index in [1.165, 1.54) is 11.8 Å². The van der Waals surface area contributed by atoms with E-state index in [0.29, 0.717) is 6.54 Å². The molecule has 19 heavy (non-hydrogen) atoms. The summed E-state index contributed by atoms with van der Waals surface area (Å²) >= 11 is 0. The van der Waals surface area contributed by atoms with Crippen LogP contribution in [0, 0.1) is 0 Å². The van der Waals surface area contributed by atoms with Gasteiger partial charge in [0.15, 0.2) is 6.04 Å². The first-order chi connectivity index (χ1) is 8.67. The minimum atomic E-state index is -1.41. The molecule has 2 unspecified atom stereocenters. The lowest BCUT2D eigenvalue weighted by atomic mass is 9.99. The first-order valence-electron chi connectivity index (χ1n) is 5.95. The van der Waals surface area contributed by atoms with Gasteiger partial charge in [-0.1, -0.05) is 0 Å². The summed E-state index contributed by atoms with van der Waals surface area (Å²) in [6, 6.07) is -2.10. The number of carbonyl (C=O) groups excluding carboxylic acids is 2. The maximum absolute atomic E-state index is 12.0. The smallest absolute Gasteiger partial charge is 0.328 e. The van der Waals surface area contributed by atoms with E-state index in [-0.39, 0.29) is 12.5 Å². The van der Waals surface area contributed by atoms with Crippen molar-refractivity contribution in [3.05, 3.63) is 0 Å². The van der Waals surface area contributed by atoms with Crippen LogP contribution in [0.1, 0.15) is 20.8 Å². The van der Waals surface area contributed by atoms with Crippen molar-refractivity contribution in [1.29, 1.82) is 0 Å². The number of carboxylic acid groups (broad SMARTS) is 1. The Labute approximate surface area is 110 Å². The third-order valence-electron chi connectivity index (χ3n) is 3.12. The molecule has 0 saturated carbocycles. The highest BCUT2D eigenvalue weighted by Crippen LogP contribution is 2.17. The topological polar surface area (TPSA) is 119 Å². The summed E-state index contributed by atoms with van der Waals surface area (Å²) in [6.07, 6.45) is -1.23. The normalized spacial score (nSPS) is 21.3. The number of carboxylic acids is 1. The van der Waals surface area contributed by atoms with Gasteiger partial charge in [0.05, 0.1) is 6.10 Å². The first-order valence-corrected chi connectivity index (χ1v) is 5.95. The molecule has 4 N–H and O–H groups in total. The second-order valence-corrected chi connectivity index (χ2v) is 4.97. The Morgan fingerprint density at radius 2 is 2.05 bits per heavy atom. The summed E-state index contributed by atoms with van der Waals surface area (Å²) in [5.41, 5.74) is -1.07. The molecule has 8 nitrogen and oxygen atoms in total. The molecule has 0 aliphatic carbocycles. The van der Waals surface area contributed by atoms with Gasteiger partial charge >= 0.3 is 12.0 Å². The summed E-state index contributed by atoms with van der Waals surface area (Å²) in [5.74, 6) is -1.64. The van der Waals surface area contributed by atoms with Crippen molar-refractivity contribution in [3.63, 3.8) is 0 Å². The SMILES string of the molecule is CC(O)C(NC(=O)N1CCNC(=O)C1(C)C)C(=O)O. The van der Waals surface area contributed by atoms with Crippen LogP contribution in [0.25, 0.3) is 0 Å². The summed E-state index contributed by atoms with van der Waals surface area (Å²) in [6.45, 7) is 4.99. The summed E-state index contributed by atoms with van der Waals surface area (Å²) in [7, 11) is 0. The molecule has 108 valence electrons. The van der Waals surface area contributed by atoms with Gasteiger partial charge in [-0.25, -0.2) is 9.59 Å². The van der Waals surface area contributed by atoms with Gasteiger partial charge in [0.2, 0.25) is 5.91 Å². The average molecular weight is 273 g/mol. The Bertz CT molecular complexity index is 394. The van der Waals surface area contributed by atoms with Gasteiger partial charge in [0.25, 0.3) is 0 Å². The van der Waals surface area contributed by atoms with E-state index in [2.05, 4.69) is 10.6 Å². The van der Waals surface area contributed by atoms with Crippen molar-refractivity contribution in [2.75, 3.05) is 13.1 Å². The molecule has 1 saturated heterocycles. The Kier molecular flexibility index (Phi) is 4.35. The van der Waals surface area contributed by atoms with Crippen LogP contribution in [-0.4, -0.2) is 63.8 Å². The monoisotopic (exact) mass is 273 g/mol. The van der Waals surface area contributed by atoms with E-state index >= 15 is 0 Å². The molecule has 8 heteroatoms. The molecule has 0 radical (unpaired) electrons. The molecule has 1 heterocycles. The minimum absolute atomic E-state index is 0.275. The largest absolute Gasteiger partial charge is 0.480 e. The zero-order valence-electron chi connectivity index (χ0n) is 11.1. The molecule has 0 aromatic rings. The van der Waals surface area contributed by atoms with Crippen molar-refractivity contribution in [2.24, 2.45) is 0 Å². The number of rotatable bonds is 3. The number of aliphatic hydroxyl groups excluding tert-OH is 1. The second kappa shape index (κ2) is 5.43. The maximum Gasteiger partial charge on any atom is 0.328 e. The van der Waals surface area contributed by atoms with E-state index in [4.69, 9.17) is 5.11 Å². The predicted octanol–water partition coefficient (Wildman–Crippen LogP) is -1.26. The highest BCUT2D eigenvalue weighted by atomic mass is 16.4. The van der Waals surface area contributed by atoms with Crippen molar-refractivity contribution >= 4 is 17.9 Å². The fourth-order valence-electron chi connectivity index (χ4n) is 1.85. The Morgan fingerprint density at radius 3 is 2.53 bits per heavy atom. The van der Waals surface area contributed by atoms with Crippen molar-refractivity contribution in [1.82, 2.24) is 15.5 Å². The second-order valence-electron chi connectivity index (χ2n) is 4.97. The third-order valence-corrected chi connectivity index (χ3v) is 3.12. The number of hydrogen-bond donors (Lipinski definition) is 4. The molecule has 1 rings (SSSR count). The van der Waals surface area contributed by atoms with Gasteiger partial charge in [-0.15, -0.1) is 0 Å². The molecule has 3 amide bonds. The predicted molar refractivity (Wildman–Crippen MR) is 65.4 cm³/mol. The molecule has 1 aliphatic heterocycles. The summed E-state index contributed by atoms with van der Waals surface area (Å²) in [4.78, 5) is 35.9. The molecule has 1 fully saturated rings. The van der Waals surface area contributed by atoms with Crippen LogP contribution in [0.2, 0.25) is 0 Å². The number of urea groups is 1. The maximum atomic E-state index is 12.0. The van der Waals surface area contributed by atoms with Gasteiger partial charge in [-0.3, -0.25) is 4.79 Å². The lowest BCUT2D eigenvalue weighted by molar-refractivity contribution is -0.141. The van der Waals surface area contributed by atoms with Crippen LogP contribution in [-0.2, 0) is 9.59 Å². The van der Waals surface area contributed by atoms with E-state index in [0.717, 1.165) is 0 Å². The van der Waals surface area contributed by atoms with E-state index in [1.54, 1.807) is 13.8 Å². The molecule has 1 aliphatic rings. The van der Waals surface area contributed by atoms with Gasteiger partial charge in [0, 0.05) is 13.1 Å². The lowest BCUT2D eigenvalue weighted by Crippen LogP contribution is -2.66. The molecular formula is C11H19N3O5. The van der Waals surface area contributed by atoms with Crippen LogP contribution in [0.3, 0.4) is 0 Å². The molecule has 0 bridgehead atoms. The van der Waals surface area contributed by atoms with Crippen LogP contribution >= 0.6 is 0 Å². The van der Waals surface area contributed by atoms with E-state index < -0.39 is 29.7 Å². The molecule has 2 atom stereocenters. The Morgan fingerprint density at radius 1 is 1.47 bits per heavy atom. The van der Waals surface area contributed by atoms with Gasteiger partial charge < -0.3 is 25.7 Å². The zero-order chi connectivity index (χ0) is 14.8. The number of carbonyl (C=O) groups is 3. The number of aliphatic carboxylic acids is 1. The number of aliphatic hydroxyl groups is 1. The number of amides is 3. The lowest BCUT2D eigenvalue weighted by Gasteiger charge is -2.41. The Balaban J connectivity index is 2.82.